The van der Waals surface area contributed by atoms with Crippen LogP contribution in [-0.4, -0.2) is 11.7 Å². The topological polar surface area (TPSA) is 49.5 Å². The number of phenols is 1. The number of nitrogen functional groups attached to an aromatic ring is 1. The molecule has 0 spiro atoms. The van der Waals surface area contributed by atoms with E-state index in [2.05, 4.69) is 29.2 Å². The Hall–Kier alpha value is -1.58. The predicted octanol–water partition coefficient (Wildman–Crippen LogP) is 3.38. The second-order valence-electron chi connectivity index (χ2n) is 4.69. The van der Waals surface area contributed by atoms with E-state index in [4.69, 9.17) is 5.73 Å². The van der Waals surface area contributed by atoms with Crippen LogP contribution in [0.2, 0.25) is 0 Å². The number of phenolic OH excluding ortho intramolecular Hbond substituents is 1. The van der Waals surface area contributed by atoms with Crippen LogP contribution in [0.4, 0.5) is 11.4 Å². The molecule has 3 N–H and O–H groups in total. The second-order valence-corrected chi connectivity index (χ2v) is 4.69. The van der Waals surface area contributed by atoms with Crippen molar-refractivity contribution >= 4 is 36.2 Å². The van der Waals surface area contributed by atoms with E-state index >= 15 is 0 Å². The van der Waals surface area contributed by atoms with Gasteiger partial charge in [-0.15, -0.1) is 24.8 Å². The molecule has 0 aliphatic carbocycles. The molecule has 0 aromatic heterocycles. The van der Waals surface area contributed by atoms with Crippen molar-refractivity contribution < 1.29 is 5.11 Å². The van der Waals surface area contributed by atoms with E-state index in [0.29, 0.717) is 11.4 Å². The summed E-state index contributed by atoms with van der Waals surface area (Å²) in [5, 5.41) is 9.94. The lowest BCUT2D eigenvalue weighted by atomic mass is 9.99. The number of nitrogens with two attached hydrogens (primary N) is 1. The van der Waals surface area contributed by atoms with Gasteiger partial charge in [0, 0.05) is 18.8 Å². The number of aromatic hydroxyl groups is 1. The first-order valence-electron chi connectivity index (χ1n) is 6.14. The molecule has 2 aromatic rings. The van der Waals surface area contributed by atoms with Crippen LogP contribution in [0.5, 0.6) is 5.75 Å². The third kappa shape index (κ3) is 3.11. The van der Waals surface area contributed by atoms with E-state index in [9.17, 15) is 5.11 Å². The first kappa shape index (κ1) is 16.5. The number of hydrogen-bond acceptors (Lipinski definition) is 3. The summed E-state index contributed by atoms with van der Waals surface area (Å²) < 4.78 is 0. The van der Waals surface area contributed by atoms with Crippen LogP contribution >= 0.6 is 24.8 Å². The maximum atomic E-state index is 9.94. The van der Waals surface area contributed by atoms with Gasteiger partial charge in [0.25, 0.3) is 0 Å². The summed E-state index contributed by atoms with van der Waals surface area (Å²) in [5.41, 5.74) is 10.0. The van der Waals surface area contributed by atoms with Crippen molar-refractivity contribution in [3.05, 3.63) is 53.6 Å². The molecule has 20 heavy (non-hydrogen) atoms. The molecule has 3 rings (SSSR count). The normalized spacial score (nSPS) is 12.9. The number of fused-ring (bicyclic) bond motifs is 1. The first-order chi connectivity index (χ1) is 8.74. The summed E-state index contributed by atoms with van der Waals surface area (Å²) in [5.74, 6) is 0.295. The number of nitrogens with zero attached hydrogens (tertiary/aromatic N) is 1. The van der Waals surface area contributed by atoms with Crippen molar-refractivity contribution in [3.63, 3.8) is 0 Å². The van der Waals surface area contributed by atoms with Crippen molar-refractivity contribution in [2.75, 3.05) is 17.2 Å². The maximum absolute atomic E-state index is 9.94. The molecule has 5 heteroatoms. The first-order valence-corrected chi connectivity index (χ1v) is 6.14. The molecule has 0 fully saturated rings. The zero-order chi connectivity index (χ0) is 12.5. The average molecular weight is 313 g/mol. The molecule has 0 saturated heterocycles. The molecule has 1 aliphatic heterocycles. The van der Waals surface area contributed by atoms with Gasteiger partial charge < -0.3 is 15.7 Å². The monoisotopic (exact) mass is 312 g/mol. The predicted molar refractivity (Wildman–Crippen MR) is 88.2 cm³/mol. The molecule has 108 valence electrons. The van der Waals surface area contributed by atoms with Gasteiger partial charge in [0.2, 0.25) is 0 Å². The number of hydrogen-bond donors (Lipinski definition) is 2. The quantitative estimate of drug-likeness (QED) is 0.627. The Kier molecular flexibility index (Phi) is 5.54. The molecular formula is C15H18Cl2N2O. The molecule has 0 radical (unpaired) electrons. The lowest BCUT2D eigenvalue weighted by Gasteiger charge is -2.31. The van der Waals surface area contributed by atoms with Crippen molar-refractivity contribution in [2.45, 2.75) is 13.0 Å². The van der Waals surface area contributed by atoms with Crippen LogP contribution in [0.1, 0.15) is 11.1 Å². The molecule has 0 bridgehead atoms. The fourth-order valence-corrected chi connectivity index (χ4v) is 2.50. The van der Waals surface area contributed by atoms with Gasteiger partial charge in [0.15, 0.2) is 0 Å². The van der Waals surface area contributed by atoms with Crippen LogP contribution in [0, 0.1) is 0 Å². The Morgan fingerprint density at radius 3 is 2.45 bits per heavy atom. The Balaban J connectivity index is 0.000001000. The standard InChI is InChI=1S/C15H16N2O.2ClH/c16-13-5-6-15(18)14(9-13)17-8-7-11-3-1-2-4-12(11)10-17;;/h1-6,9,18H,7-8,10,16H2;2*1H. The van der Waals surface area contributed by atoms with Gasteiger partial charge in [-0.3, -0.25) is 0 Å². The molecular weight excluding hydrogens is 295 g/mol. The van der Waals surface area contributed by atoms with Crippen molar-refractivity contribution in [3.8, 4) is 5.75 Å². The van der Waals surface area contributed by atoms with Gasteiger partial charge in [-0.25, -0.2) is 0 Å². The SMILES string of the molecule is Cl.Cl.Nc1ccc(O)c(N2CCc3ccccc3C2)c1. The number of anilines is 2. The van der Waals surface area contributed by atoms with Crippen molar-refractivity contribution in [2.24, 2.45) is 0 Å². The Bertz CT molecular complexity index is 590. The molecule has 0 unspecified atom stereocenters. The molecule has 1 aliphatic rings. The lowest BCUT2D eigenvalue weighted by Crippen LogP contribution is -2.30. The zero-order valence-corrected chi connectivity index (χ0v) is 12.6. The van der Waals surface area contributed by atoms with Gasteiger partial charge in [0.05, 0.1) is 5.69 Å². The summed E-state index contributed by atoms with van der Waals surface area (Å²) in [4.78, 5) is 2.17. The summed E-state index contributed by atoms with van der Waals surface area (Å²) >= 11 is 0. The fourth-order valence-electron chi connectivity index (χ4n) is 2.50. The van der Waals surface area contributed by atoms with Crippen LogP contribution in [0.15, 0.2) is 42.5 Å². The highest BCUT2D eigenvalue weighted by Gasteiger charge is 2.18. The van der Waals surface area contributed by atoms with Crippen LogP contribution in [-0.2, 0) is 13.0 Å². The average Bonchev–Trinajstić information content (AvgIpc) is 2.41. The minimum atomic E-state index is 0. The summed E-state index contributed by atoms with van der Waals surface area (Å²) in [7, 11) is 0. The van der Waals surface area contributed by atoms with Gasteiger partial charge in [-0.2, -0.15) is 0 Å². The van der Waals surface area contributed by atoms with Gasteiger partial charge in [0.1, 0.15) is 5.75 Å². The maximum Gasteiger partial charge on any atom is 0.139 e. The van der Waals surface area contributed by atoms with Crippen LogP contribution in [0.3, 0.4) is 0 Å². The highest BCUT2D eigenvalue weighted by atomic mass is 35.5. The Labute approximate surface area is 131 Å². The van der Waals surface area contributed by atoms with Crippen LogP contribution in [0.25, 0.3) is 0 Å². The number of benzene rings is 2. The van der Waals surface area contributed by atoms with Crippen molar-refractivity contribution in [1.82, 2.24) is 0 Å². The van der Waals surface area contributed by atoms with Crippen LogP contribution < -0.4 is 10.6 Å². The number of halogens is 2. The largest absolute Gasteiger partial charge is 0.506 e. The third-order valence-electron chi connectivity index (χ3n) is 3.47. The van der Waals surface area contributed by atoms with E-state index in [1.165, 1.54) is 11.1 Å². The lowest BCUT2D eigenvalue weighted by molar-refractivity contribution is 0.473. The minimum absolute atomic E-state index is 0. The highest BCUT2D eigenvalue weighted by Crippen LogP contribution is 2.32. The molecule has 0 saturated carbocycles. The molecule has 0 amide bonds. The molecule has 1 heterocycles. The summed E-state index contributed by atoms with van der Waals surface area (Å²) in [6.07, 6.45) is 1.00. The van der Waals surface area contributed by atoms with Gasteiger partial charge >= 0.3 is 0 Å². The Morgan fingerprint density at radius 2 is 1.70 bits per heavy atom. The minimum Gasteiger partial charge on any atom is -0.506 e. The molecule has 3 nitrogen and oxygen atoms in total. The third-order valence-corrected chi connectivity index (χ3v) is 3.47. The molecule has 0 atom stereocenters. The zero-order valence-electron chi connectivity index (χ0n) is 11.0. The van der Waals surface area contributed by atoms with E-state index < -0.39 is 0 Å². The van der Waals surface area contributed by atoms with Gasteiger partial charge in [-0.1, -0.05) is 24.3 Å². The fraction of sp³-hybridized carbons (Fsp3) is 0.200. The smallest absolute Gasteiger partial charge is 0.139 e. The Morgan fingerprint density at radius 1 is 1.00 bits per heavy atom. The second kappa shape index (κ2) is 6.73. The van der Waals surface area contributed by atoms with E-state index in [0.717, 1.165) is 25.2 Å². The number of rotatable bonds is 1. The summed E-state index contributed by atoms with van der Waals surface area (Å²) in [6, 6.07) is 13.7. The van der Waals surface area contributed by atoms with E-state index in [1.54, 1.807) is 12.1 Å². The van der Waals surface area contributed by atoms with E-state index in [-0.39, 0.29) is 24.8 Å². The van der Waals surface area contributed by atoms with E-state index in [1.807, 2.05) is 6.07 Å². The highest BCUT2D eigenvalue weighted by molar-refractivity contribution is 5.85. The van der Waals surface area contributed by atoms with Crippen molar-refractivity contribution in [1.29, 1.82) is 0 Å². The molecule has 2 aromatic carbocycles. The van der Waals surface area contributed by atoms with Gasteiger partial charge in [-0.05, 0) is 35.7 Å². The summed E-state index contributed by atoms with van der Waals surface area (Å²) in [6.45, 7) is 1.74.